The van der Waals surface area contributed by atoms with E-state index in [9.17, 15) is 19.5 Å². The van der Waals surface area contributed by atoms with Crippen molar-refractivity contribution in [1.82, 2.24) is 15.5 Å². The summed E-state index contributed by atoms with van der Waals surface area (Å²) in [4.78, 5) is 41.5. The van der Waals surface area contributed by atoms with Gasteiger partial charge in [0.05, 0.1) is 24.1 Å². The Morgan fingerprint density at radius 3 is 2.38 bits per heavy atom. The summed E-state index contributed by atoms with van der Waals surface area (Å²) in [5.41, 5.74) is 2.47. The van der Waals surface area contributed by atoms with Gasteiger partial charge in [0.25, 0.3) is 5.91 Å². The molecule has 3 amide bonds. The first-order valence-corrected chi connectivity index (χ1v) is 15.3. The van der Waals surface area contributed by atoms with Crippen LogP contribution >= 0.6 is 11.8 Å². The van der Waals surface area contributed by atoms with Crippen LogP contribution in [0, 0.1) is 6.92 Å². The van der Waals surface area contributed by atoms with Gasteiger partial charge in [-0.3, -0.25) is 9.59 Å². The van der Waals surface area contributed by atoms with Gasteiger partial charge in [0.1, 0.15) is 12.1 Å². The van der Waals surface area contributed by atoms with Crippen LogP contribution in [0.4, 0.5) is 4.79 Å². The number of rotatable bonds is 11. The van der Waals surface area contributed by atoms with E-state index >= 15 is 0 Å². The molecule has 1 aliphatic rings. The van der Waals surface area contributed by atoms with Crippen molar-refractivity contribution in [3.05, 3.63) is 71.3 Å². The third-order valence-electron chi connectivity index (χ3n) is 7.09. The van der Waals surface area contributed by atoms with Gasteiger partial charge in [0.2, 0.25) is 5.91 Å². The van der Waals surface area contributed by atoms with Crippen LogP contribution in [-0.2, 0) is 32.0 Å². The number of aliphatic hydroxyl groups is 1. The number of hydrogen-bond donors (Lipinski definition) is 3. The van der Waals surface area contributed by atoms with E-state index < -0.39 is 46.6 Å². The fourth-order valence-corrected chi connectivity index (χ4v) is 5.86. The second-order valence-electron chi connectivity index (χ2n) is 12.3. The Morgan fingerprint density at radius 2 is 1.74 bits per heavy atom. The molecule has 1 fully saturated rings. The lowest BCUT2D eigenvalue weighted by Gasteiger charge is -2.33. The number of aryl methyl sites for hydroxylation is 1. The predicted molar refractivity (Wildman–Crippen MR) is 165 cm³/mol. The lowest BCUT2D eigenvalue weighted by Crippen LogP contribution is -2.58. The Bertz CT molecular complexity index is 1220. The van der Waals surface area contributed by atoms with Crippen molar-refractivity contribution in [2.24, 2.45) is 0 Å². The minimum atomic E-state index is -1.61. The van der Waals surface area contributed by atoms with Crippen molar-refractivity contribution in [2.75, 3.05) is 12.5 Å². The van der Waals surface area contributed by atoms with Crippen LogP contribution in [0.5, 0.6) is 0 Å². The summed E-state index contributed by atoms with van der Waals surface area (Å²) in [6, 6.07) is 15.2. The molecule has 1 unspecified atom stereocenters. The first kappa shape index (κ1) is 33.4. The molecule has 0 saturated carbocycles. The van der Waals surface area contributed by atoms with Gasteiger partial charge in [-0.15, -0.1) is 11.8 Å². The number of hydrogen-bond acceptors (Lipinski definition) is 7. The molecule has 230 valence electrons. The van der Waals surface area contributed by atoms with E-state index in [4.69, 9.17) is 9.47 Å². The van der Waals surface area contributed by atoms with Crippen molar-refractivity contribution in [3.63, 3.8) is 0 Å². The van der Waals surface area contributed by atoms with Gasteiger partial charge in [-0.05, 0) is 71.6 Å². The molecule has 42 heavy (non-hydrogen) atoms. The van der Waals surface area contributed by atoms with Crippen LogP contribution in [0.3, 0.4) is 0 Å². The second-order valence-corrected chi connectivity index (χ2v) is 13.9. The predicted octanol–water partition coefficient (Wildman–Crippen LogP) is 4.19. The fraction of sp³-hybridized carbons (Fsp3) is 0.531. The largest absolute Gasteiger partial charge is 0.444 e. The Hall–Kier alpha value is -3.08. The molecule has 2 aromatic rings. The van der Waals surface area contributed by atoms with Crippen molar-refractivity contribution in [2.45, 2.75) is 96.1 Å². The zero-order chi connectivity index (χ0) is 31.1. The van der Waals surface area contributed by atoms with Crippen molar-refractivity contribution < 1.29 is 29.0 Å². The average Bonchev–Trinajstić information content (AvgIpc) is 3.25. The van der Waals surface area contributed by atoms with Gasteiger partial charge in [-0.1, -0.05) is 54.6 Å². The van der Waals surface area contributed by atoms with Crippen molar-refractivity contribution in [1.29, 1.82) is 0 Å². The molecule has 1 heterocycles. The summed E-state index contributed by atoms with van der Waals surface area (Å²) in [6.45, 7) is 13.8. The maximum Gasteiger partial charge on any atom is 0.407 e. The zero-order valence-electron chi connectivity index (χ0n) is 25.7. The molecule has 1 saturated heterocycles. The molecule has 3 N–H and O–H groups in total. The third kappa shape index (κ3) is 9.47. The average molecular weight is 600 g/mol. The van der Waals surface area contributed by atoms with E-state index in [0.29, 0.717) is 6.54 Å². The molecule has 10 heteroatoms. The van der Waals surface area contributed by atoms with Crippen LogP contribution in [0.2, 0.25) is 0 Å². The lowest BCUT2D eigenvalue weighted by molar-refractivity contribution is -0.147. The number of aliphatic hydroxyl groups excluding tert-OH is 1. The summed E-state index contributed by atoms with van der Waals surface area (Å²) in [6.07, 6.45) is -2.74. The van der Waals surface area contributed by atoms with Gasteiger partial charge in [0.15, 0.2) is 6.10 Å². The second kappa shape index (κ2) is 14.4. The fourth-order valence-electron chi connectivity index (χ4n) is 4.72. The number of benzene rings is 2. The molecule has 1 aliphatic heterocycles. The molecule has 9 nitrogen and oxygen atoms in total. The van der Waals surface area contributed by atoms with Crippen LogP contribution in [-0.4, -0.2) is 75.0 Å². The number of nitrogens with one attached hydrogen (secondary N) is 2. The van der Waals surface area contributed by atoms with Crippen LogP contribution < -0.4 is 10.6 Å². The van der Waals surface area contributed by atoms with Crippen molar-refractivity contribution in [3.8, 4) is 0 Å². The summed E-state index contributed by atoms with van der Waals surface area (Å²) in [5.74, 6) is -0.697. The molecule has 4 atom stereocenters. The van der Waals surface area contributed by atoms with Crippen molar-refractivity contribution >= 4 is 29.7 Å². The first-order chi connectivity index (χ1) is 19.7. The van der Waals surface area contributed by atoms with E-state index in [0.717, 1.165) is 16.7 Å². The zero-order valence-corrected chi connectivity index (χ0v) is 26.5. The Balaban J connectivity index is 1.75. The van der Waals surface area contributed by atoms with Gasteiger partial charge >= 0.3 is 6.09 Å². The number of nitrogens with zero attached hydrogens (tertiary/aromatic N) is 1. The maximum absolute atomic E-state index is 13.8. The molecular weight excluding hydrogens is 554 g/mol. The summed E-state index contributed by atoms with van der Waals surface area (Å²) >= 11 is 1.47. The summed E-state index contributed by atoms with van der Waals surface area (Å²) < 4.78 is 10.6. The Labute approximate surface area is 253 Å². The highest BCUT2D eigenvalue weighted by molar-refractivity contribution is 8.00. The van der Waals surface area contributed by atoms with E-state index in [-0.39, 0.29) is 24.8 Å². The van der Waals surface area contributed by atoms with E-state index in [1.807, 2.05) is 96.1 Å². The first-order valence-electron chi connectivity index (χ1n) is 14.3. The number of thioether (sulfide) groups is 1. The third-order valence-corrected chi connectivity index (χ3v) is 8.46. The SMILES string of the molecule is Cc1ccccc1CNC(=O)[C@H]1N(C(=O)[C@@H](O)[C@H](Cc2ccccc2)NC(=O)OC(C)COC(C)(C)C)CSC1(C)C. The number of amides is 3. The highest BCUT2D eigenvalue weighted by Gasteiger charge is 2.49. The highest BCUT2D eigenvalue weighted by Crippen LogP contribution is 2.40. The van der Waals surface area contributed by atoms with E-state index in [2.05, 4.69) is 10.6 Å². The smallest absolute Gasteiger partial charge is 0.407 e. The standard InChI is InChI=1S/C32H45N3O6S/c1-21-13-11-12-16-24(21)18-33-28(37)27-32(6,7)42-20-35(27)29(38)26(36)25(17-23-14-9-8-10-15-23)34-30(39)41-22(2)19-40-31(3,4)5/h8-16,22,25-27,36H,17-20H2,1-7H3,(H,33,37)(H,34,39)/t22?,25-,26-,27+/m0/s1. The van der Waals surface area contributed by atoms with E-state index in [1.165, 1.54) is 16.7 Å². The Morgan fingerprint density at radius 1 is 1.10 bits per heavy atom. The van der Waals surface area contributed by atoms with Gasteiger partial charge < -0.3 is 30.1 Å². The van der Waals surface area contributed by atoms with Gasteiger partial charge in [0, 0.05) is 11.3 Å². The lowest BCUT2D eigenvalue weighted by atomic mass is 9.97. The van der Waals surface area contributed by atoms with Crippen LogP contribution in [0.25, 0.3) is 0 Å². The molecule has 2 aromatic carbocycles. The highest BCUT2D eigenvalue weighted by atomic mass is 32.2. The summed E-state index contributed by atoms with van der Waals surface area (Å²) in [5, 5.41) is 17.1. The molecule has 0 spiro atoms. The maximum atomic E-state index is 13.8. The quantitative estimate of drug-likeness (QED) is 0.355. The number of carbonyl (C=O) groups excluding carboxylic acids is 3. The molecular formula is C32H45N3O6S. The summed E-state index contributed by atoms with van der Waals surface area (Å²) in [7, 11) is 0. The number of alkyl carbamates (subject to hydrolysis) is 1. The topological polar surface area (TPSA) is 117 Å². The van der Waals surface area contributed by atoms with Crippen LogP contribution in [0.15, 0.2) is 54.6 Å². The van der Waals surface area contributed by atoms with Gasteiger partial charge in [-0.25, -0.2) is 4.79 Å². The monoisotopic (exact) mass is 599 g/mol. The normalized spacial score (nSPS) is 18.6. The minimum Gasteiger partial charge on any atom is -0.444 e. The van der Waals surface area contributed by atoms with Crippen LogP contribution in [0.1, 0.15) is 58.2 Å². The molecule has 0 aromatic heterocycles. The molecule has 0 aliphatic carbocycles. The molecule has 0 radical (unpaired) electrons. The van der Waals surface area contributed by atoms with Gasteiger partial charge in [-0.2, -0.15) is 0 Å². The Kier molecular flexibility index (Phi) is 11.5. The molecule has 3 rings (SSSR count). The molecule has 0 bridgehead atoms. The minimum absolute atomic E-state index is 0.185. The number of ether oxygens (including phenoxy) is 2. The van der Waals surface area contributed by atoms with E-state index in [1.54, 1.807) is 6.92 Å². The number of carbonyl (C=O) groups is 3.